The van der Waals surface area contributed by atoms with Crippen LogP contribution in [0, 0.1) is 17.6 Å². The molecule has 0 N–H and O–H groups in total. The van der Waals surface area contributed by atoms with E-state index >= 15 is 0 Å². The molecule has 1 aliphatic heterocycles. The molecule has 1 fully saturated rings. The monoisotopic (exact) mass is 332 g/mol. The lowest BCUT2D eigenvalue weighted by molar-refractivity contribution is 0.401. The van der Waals surface area contributed by atoms with Gasteiger partial charge in [0.15, 0.2) is 23.3 Å². The quantitative estimate of drug-likeness (QED) is 0.860. The molecule has 4 nitrogen and oxygen atoms in total. The van der Waals surface area contributed by atoms with Crippen LogP contribution in [0.3, 0.4) is 0 Å². The number of rotatable bonds is 4. The molecular weight excluding hydrogens is 310 g/mol. The Hall–Kier alpha value is -2.24. The average molecular weight is 332 g/mol. The zero-order valence-corrected chi connectivity index (χ0v) is 14.0. The van der Waals surface area contributed by atoms with Gasteiger partial charge in [0.05, 0.1) is 0 Å². The summed E-state index contributed by atoms with van der Waals surface area (Å²) in [6.45, 7) is 1.79. The van der Waals surface area contributed by atoms with Crippen LogP contribution in [0.25, 0.3) is 0 Å². The molecule has 3 rings (SSSR count). The van der Waals surface area contributed by atoms with E-state index in [1.807, 2.05) is 19.0 Å². The van der Waals surface area contributed by atoms with Crippen molar-refractivity contribution >= 4 is 11.6 Å². The van der Waals surface area contributed by atoms with Crippen molar-refractivity contribution < 1.29 is 8.78 Å². The van der Waals surface area contributed by atoms with E-state index in [9.17, 15) is 8.78 Å². The van der Waals surface area contributed by atoms with Crippen LogP contribution in [-0.2, 0) is 6.42 Å². The van der Waals surface area contributed by atoms with Crippen LogP contribution in [0.1, 0.15) is 18.4 Å². The van der Waals surface area contributed by atoms with Crippen LogP contribution in [0.5, 0.6) is 0 Å². The molecule has 2 aromatic rings. The van der Waals surface area contributed by atoms with Crippen LogP contribution >= 0.6 is 0 Å². The van der Waals surface area contributed by atoms with E-state index in [0.717, 1.165) is 49.6 Å². The number of nitrogens with zero attached hydrogens (tertiary/aromatic N) is 4. The number of hydrogen-bond donors (Lipinski definition) is 0. The van der Waals surface area contributed by atoms with Crippen LogP contribution in [0.15, 0.2) is 30.6 Å². The smallest absolute Gasteiger partial charge is 0.171 e. The molecule has 0 atom stereocenters. The van der Waals surface area contributed by atoms with Crippen LogP contribution in [0.4, 0.5) is 20.4 Å². The highest BCUT2D eigenvalue weighted by Gasteiger charge is 2.23. The topological polar surface area (TPSA) is 32.3 Å². The van der Waals surface area contributed by atoms with Crippen LogP contribution in [0.2, 0.25) is 0 Å². The Morgan fingerprint density at radius 2 is 1.79 bits per heavy atom. The van der Waals surface area contributed by atoms with Gasteiger partial charge >= 0.3 is 0 Å². The summed E-state index contributed by atoms with van der Waals surface area (Å²) in [7, 11) is 3.92. The first kappa shape index (κ1) is 16.6. The third-order valence-corrected chi connectivity index (χ3v) is 4.51. The minimum absolute atomic E-state index is 0.477. The van der Waals surface area contributed by atoms with Crippen molar-refractivity contribution in [2.24, 2.45) is 5.92 Å². The molecule has 1 aromatic heterocycles. The third kappa shape index (κ3) is 3.63. The molecule has 0 saturated carbocycles. The minimum Gasteiger partial charge on any atom is -0.360 e. The maximum absolute atomic E-state index is 13.3. The lowest BCUT2D eigenvalue weighted by atomic mass is 9.90. The second-order valence-corrected chi connectivity index (χ2v) is 6.48. The Morgan fingerprint density at radius 3 is 2.46 bits per heavy atom. The van der Waals surface area contributed by atoms with E-state index in [1.165, 1.54) is 12.1 Å². The van der Waals surface area contributed by atoms with Gasteiger partial charge in [0, 0.05) is 39.6 Å². The van der Waals surface area contributed by atoms with Gasteiger partial charge < -0.3 is 9.80 Å². The highest BCUT2D eigenvalue weighted by molar-refractivity contribution is 5.61. The Balaban J connectivity index is 1.63. The molecule has 1 saturated heterocycles. The van der Waals surface area contributed by atoms with Crippen molar-refractivity contribution in [3.8, 4) is 0 Å². The van der Waals surface area contributed by atoms with Crippen molar-refractivity contribution in [2.75, 3.05) is 37.0 Å². The van der Waals surface area contributed by atoms with E-state index in [-0.39, 0.29) is 0 Å². The number of aromatic nitrogens is 2. The summed E-state index contributed by atoms with van der Waals surface area (Å²) in [5, 5.41) is 0. The summed E-state index contributed by atoms with van der Waals surface area (Å²) in [5.41, 5.74) is 0.862. The molecule has 0 radical (unpaired) electrons. The molecule has 0 bridgehead atoms. The molecule has 0 spiro atoms. The van der Waals surface area contributed by atoms with Crippen molar-refractivity contribution in [2.45, 2.75) is 19.3 Å². The summed E-state index contributed by atoms with van der Waals surface area (Å²) in [4.78, 5) is 13.1. The number of anilines is 2. The number of benzene rings is 1. The van der Waals surface area contributed by atoms with E-state index in [0.29, 0.717) is 5.92 Å². The number of halogens is 2. The van der Waals surface area contributed by atoms with Crippen molar-refractivity contribution in [3.63, 3.8) is 0 Å². The molecule has 6 heteroatoms. The molecule has 24 heavy (non-hydrogen) atoms. The summed E-state index contributed by atoms with van der Waals surface area (Å²) >= 11 is 0. The van der Waals surface area contributed by atoms with Gasteiger partial charge in [0.25, 0.3) is 0 Å². The number of hydrogen-bond acceptors (Lipinski definition) is 4. The predicted molar refractivity (Wildman–Crippen MR) is 91.4 cm³/mol. The standard InChI is InChI=1S/C18H22F2N4/c1-23(2)17-18(22-8-7-21-17)24-9-5-13(6-10-24)11-14-3-4-15(19)16(20)12-14/h3-4,7-8,12-13H,5-6,9-11H2,1-2H3. The maximum atomic E-state index is 13.3. The third-order valence-electron chi connectivity index (χ3n) is 4.51. The second kappa shape index (κ2) is 7.11. The second-order valence-electron chi connectivity index (χ2n) is 6.48. The Kier molecular flexibility index (Phi) is 4.92. The first-order valence-electron chi connectivity index (χ1n) is 8.22. The fourth-order valence-electron chi connectivity index (χ4n) is 3.21. The Bertz CT molecular complexity index is 697. The summed E-state index contributed by atoms with van der Waals surface area (Å²) < 4.78 is 26.4. The molecule has 0 unspecified atom stereocenters. The summed E-state index contributed by atoms with van der Waals surface area (Å²) in [5.74, 6) is 0.712. The van der Waals surface area contributed by atoms with Gasteiger partial charge in [0.2, 0.25) is 0 Å². The Labute approximate surface area is 141 Å². The maximum Gasteiger partial charge on any atom is 0.171 e. The van der Waals surface area contributed by atoms with Crippen molar-refractivity contribution in [3.05, 3.63) is 47.8 Å². The van der Waals surface area contributed by atoms with E-state index in [2.05, 4.69) is 14.9 Å². The zero-order valence-electron chi connectivity index (χ0n) is 14.0. The highest BCUT2D eigenvalue weighted by Crippen LogP contribution is 2.29. The summed E-state index contributed by atoms with van der Waals surface area (Å²) in [6, 6.07) is 4.20. The van der Waals surface area contributed by atoms with Crippen LogP contribution < -0.4 is 9.80 Å². The first-order chi connectivity index (χ1) is 11.5. The molecule has 1 aliphatic rings. The SMILES string of the molecule is CN(C)c1nccnc1N1CCC(Cc2ccc(F)c(F)c2)CC1. The minimum atomic E-state index is -0.785. The van der Waals surface area contributed by atoms with Crippen molar-refractivity contribution in [1.82, 2.24) is 9.97 Å². The predicted octanol–water partition coefficient (Wildman–Crippen LogP) is 3.28. The molecule has 0 amide bonds. The average Bonchev–Trinajstić information content (AvgIpc) is 2.59. The van der Waals surface area contributed by atoms with Crippen molar-refractivity contribution in [1.29, 1.82) is 0 Å². The lowest BCUT2D eigenvalue weighted by Gasteiger charge is -2.34. The fraction of sp³-hybridized carbons (Fsp3) is 0.444. The van der Waals surface area contributed by atoms with Gasteiger partial charge in [-0.15, -0.1) is 0 Å². The number of piperidine rings is 1. The van der Waals surface area contributed by atoms with E-state index in [4.69, 9.17) is 0 Å². The van der Waals surface area contributed by atoms with Gasteiger partial charge in [-0.25, -0.2) is 18.7 Å². The van der Waals surface area contributed by atoms with Gasteiger partial charge in [-0.05, 0) is 42.9 Å². The van der Waals surface area contributed by atoms with Gasteiger partial charge in [0.1, 0.15) is 0 Å². The van der Waals surface area contributed by atoms with E-state index in [1.54, 1.807) is 18.5 Å². The van der Waals surface area contributed by atoms with Gasteiger partial charge in [-0.2, -0.15) is 0 Å². The zero-order chi connectivity index (χ0) is 17.1. The molecule has 2 heterocycles. The first-order valence-corrected chi connectivity index (χ1v) is 8.22. The molecular formula is C18H22F2N4. The van der Waals surface area contributed by atoms with E-state index < -0.39 is 11.6 Å². The van der Waals surface area contributed by atoms with Gasteiger partial charge in [-0.3, -0.25) is 0 Å². The fourth-order valence-corrected chi connectivity index (χ4v) is 3.21. The molecule has 1 aromatic carbocycles. The lowest BCUT2D eigenvalue weighted by Crippen LogP contribution is -2.36. The summed E-state index contributed by atoms with van der Waals surface area (Å²) in [6.07, 6.45) is 6.21. The van der Waals surface area contributed by atoms with Gasteiger partial charge in [-0.1, -0.05) is 6.07 Å². The highest BCUT2D eigenvalue weighted by atomic mass is 19.2. The Morgan fingerprint density at radius 1 is 1.08 bits per heavy atom. The molecule has 0 aliphatic carbocycles. The molecule has 128 valence electrons. The van der Waals surface area contributed by atoms with Crippen LogP contribution in [-0.4, -0.2) is 37.2 Å². The normalized spacial score (nSPS) is 15.6. The largest absolute Gasteiger partial charge is 0.360 e.